The number of pyridine rings is 1. The van der Waals surface area contributed by atoms with Gasteiger partial charge in [0.05, 0.1) is 22.7 Å². The minimum absolute atomic E-state index is 0.0270. The number of anilines is 1. The Morgan fingerprint density at radius 3 is 2.50 bits per heavy atom. The van der Waals surface area contributed by atoms with Crippen LogP contribution >= 0.6 is 0 Å². The number of nitroso groups, excluding NO2 is 1. The lowest BCUT2D eigenvalue weighted by Crippen LogP contribution is -2.32. The average Bonchev–Trinajstić information content (AvgIpc) is 3.04. The first-order valence-electron chi connectivity index (χ1n) is 10.8. The highest BCUT2D eigenvalue weighted by molar-refractivity contribution is 6.05. The van der Waals surface area contributed by atoms with Gasteiger partial charge in [0.15, 0.2) is 0 Å². The molecular formula is C24H27N6O2+. The van der Waals surface area contributed by atoms with Crippen molar-refractivity contribution >= 4 is 28.7 Å². The van der Waals surface area contributed by atoms with E-state index in [1.165, 1.54) is 17.3 Å². The van der Waals surface area contributed by atoms with E-state index in [2.05, 4.69) is 5.32 Å². The standard InChI is InChI=1S/C24H26N6O2/c25-14-19-20(26)10-11-21-22(19)17-4-2-1-3-5-18(17)23(29-21)15-6-8-16(9-7-15)24(31)28-12-13-30(27)32/h6-11,14H,1-5,12-13H2,(H5-,25,26,27,28,31,32)/p+1. The molecule has 1 aromatic heterocycles. The Kier molecular flexibility index (Phi) is 6.11. The van der Waals surface area contributed by atoms with Gasteiger partial charge in [-0.3, -0.25) is 4.79 Å². The number of hydrogen-bond donors (Lipinski definition) is 4. The van der Waals surface area contributed by atoms with Gasteiger partial charge in [0, 0.05) is 34.0 Å². The molecule has 0 atom stereocenters. The van der Waals surface area contributed by atoms with Gasteiger partial charge < -0.3 is 16.5 Å². The number of aryl methyl sites for hydroxylation is 1. The summed E-state index contributed by atoms with van der Waals surface area (Å²) in [5.74, 6) is 4.78. The number of hydrazine groups is 1. The highest BCUT2D eigenvalue weighted by atomic mass is 16.3. The molecule has 0 fully saturated rings. The van der Waals surface area contributed by atoms with Crippen LogP contribution in [0.4, 0.5) is 5.69 Å². The summed E-state index contributed by atoms with van der Waals surface area (Å²) >= 11 is 0. The van der Waals surface area contributed by atoms with Crippen LogP contribution in [0.1, 0.15) is 46.3 Å². The number of nitrogens with zero attached hydrogens (tertiary/aromatic N) is 2. The van der Waals surface area contributed by atoms with Crippen LogP contribution in [0.15, 0.2) is 36.4 Å². The van der Waals surface area contributed by atoms with Gasteiger partial charge in [-0.25, -0.2) is 4.98 Å². The molecule has 32 heavy (non-hydrogen) atoms. The van der Waals surface area contributed by atoms with Crippen LogP contribution < -0.4 is 16.9 Å². The third kappa shape index (κ3) is 4.16. The first kappa shape index (κ1) is 21.4. The Morgan fingerprint density at radius 1 is 1.09 bits per heavy atom. The van der Waals surface area contributed by atoms with Gasteiger partial charge in [-0.15, -0.1) is 0 Å². The predicted octanol–water partition coefficient (Wildman–Crippen LogP) is 3.13. The Balaban J connectivity index is 1.75. The maximum atomic E-state index is 12.3. The molecule has 1 heterocycles. The minimum Gasteiger partial charge on any atom is -0.398 e. The van der Waals surface area contributed by atoms with Crippen LogP contribution in [0.5, 0.6) is 0 Å². The lowest BCUT2D eigenvalue weighted by Gasteiger charge is -2.18. The van der Waals surface area contributed by atoms with Crippen molar-refractivity contribution in [2.75, 3.05) is 18.8 Å². The molecule has 8 nitrogen and oxygen atoms in total. The predicted molar refractivity (Wildman–Crippen MR) is 126 cm³/mol. The largest absolute Gasteiger partial charge is 0.398 e. The van der Waals surface area contributed by atoms with Crippen molar-refractivity contribution in [2.45, 2.75) is 32.1 Å². The molecule has 164 valence electrons. The zero-order valence-corrected chi connectivity index (χ0v) is 17.9. The summed E-state index contributed by atoms with van der Waals surface area (Å²) in [6.45, 7) is 0.206. The molecule has 2 aromatic carbocycles. The van der Waals surface area contributed by atoms with Crippen molar-refractivity contribution in [2.24, 2.45) is 5.84 Å². The molecule has 1 aliphatic carbocycles. The van der Waals surface area contributed by atoms with Crippen LogP contribution in [-0.4, -0.2) is 35.1 Å². The highest BCUT2D eigenvalue weighted by Gasteiger charge is 2.21. The van der Waals surface area contributed by atoms with Crippen molar-refractivity contribution < 1.29 is 9.66 Å². The van der Waals surface area contributed by atoms with Crippen LogP contribution in [0.3, 0.4) is 0 Å². The number of amides is 1. The maximum Gasteiger partial charge on any atom is 0.251 e. The van der Waals surface area contributed by atoms with Crippen molar-refractivity contribution in [3.05, 3.63) is 63.6 Å². The molecule has 4 rings (SSSR count). The lowest BCUT2D eigenvalue weighted by molar-refractivity contribution is -0.558. The second-order valence-electron chi connectivity index (χ2n) is 8.06. The molecule has 0 bridgehead atoms. The number of carbonyl (C=O) groups excluding carboxylic acids is 1. The summed E-state index contributed by atoms with van der Waals surface area (Å²) in [5, 5.41) is 11.6. The first-order chi connectivity index (χ1) is 15.5. The molecular weight excluding hydrogens is 404 g/mol. The smallest absolute Gasteiger partial charge is 0.251 e. The van der Waals surface area contributed by atoms with Gasteiger partial charge >= 0.3 is 0 Å². The first-order valence-corrected chi connectivity index (χ1v) is 10.8. The Morgan fingerprint density at radius 2 is 1.81 bits per heavy atom. The quantitative estimate of drug-likeness (QED) is 0.119. The van der Waals surface area contributed by atoms with E-state index in [1.54, 1.807) is 18.2 Å². The van der Waals surface area contributed by atoms with E-state index in [0.29, 0.717) is 11.3 Å². The lowest BCUT2D eigenvalue weighted by atomic mass is 9.91. The zero-order chi connectivity index (χ0) is 22.7. The fraction of sp³-hybridized carbons (Fsp3) is 0.292. The fourth-order valence-electron chi connectivity index (χ4n) is 4.40. The van der Waals surface area contributed by atoms with Crippen LogP contribution in [0, 0.1) is 10.3 Å². The van der Waals surface area contributed by atoms with E-state index in [4.69, 9.17) is 22.0 Å². The van der Waals surface area contributed by atoms with Crippen LogP contribution in [0.2, 0.25) is 0 Å². The Bertz CT molecular complexity index is 1200. The van der Waals surface area contributed by atoms with Gasteiger partial charge in [-0.2, -0.15) is 5.84 Å². The second kappa shape index (κ2) is 9.13. The summed E-state index contributed by atoms with van der Waals surface area (Å²) in [7, 11) is 0. The number of nitrogens with one attached hydrogen (secondary N) is 2. The van der Waals surface area contributed by atoms with Crippen molar-refractivity contribution in [3.8, 4) is 11.3 Å². The van der Waals surface area contributed by atoms with E-state index in [9.17, 15) is 9.70 Å². The summed E-state index contributed by atoms with van der Waals surface area (Å²) < 4.78 is 0. The maximum absolute atomic E-state index is 12.3. The zero-order valence-electron chi connectivity index (χ0n) is 17.9. The summed E-state index contributed by atoms with van der Waals surface area (Å²) in [5.41, 5.74) is 13.2. The van der Waals surface area contributed by atoms with E-state index >= 15 is 0 Å². The number of nitrogen functional groups attached to an aromatic ring is 1. The number of hydrogen-bond acceptors (Lipinski definition) is 5. The molecule has 1 aliphatic rings. The van der Waals surface area contributed by atoms with E-state index in [0.717, 1.165) is 59.8 Å². The number of aromatic nitrogens is 1. The molecule has 0 radical (unpaired) electrons. The monoisotopic (exact) mass is 431 g/mol. The molecule has 0 unspecified atom stereocenters. The molecule has 0 aliphatic heterocycles. The normalized spacial score (nSPS) is 13.2. The van der Waals surface area contributed by atoms with E-state index in [-0.39, 0.29) is 23.9 Å². The van der Waals surface area contributed by atoms with Crippen molar-refractivity contribution in [3.63, 3.8) is 0 Å². The minimum atomic E-state index is -0.255. The van der Waals surface area contributed by atoms with Gasteiger partial charge in [-0.1, -0.05) is 18.6 Å². The van der Waals surface area contributed by atoms with Gasteiger partial charge in [0.2, 0.25) is 6.54 Å². The molecule has 0 saturated heterocycles. The molecule has 8 heteroatoms. The molecule has 1 amide bonds. The van der Waals surface area contributed by atoms with E-state index in [1.807, 2.05) is 18.2 Å². The second-order valence-corrected chi connectivity index (χ2v) is 8.06. The van der Waals surface area contributed by atoms with Gasteiger partial charge in [0.25, 0.3) is 5.91 Å². The Labute approximate surface area is 186 Å². The van der Waals surface area contributed by atoms with Crippen molar-refractivity contribution in [1.29, 1.82) is 5.41 Å². The highest BCUT2D eigenvalue weighted by Crippen LogP contribution is 2.37. The van der Waals surface area contributed by atoms with Gasteiger partial charge in [-0.05, 0) is 61.1 Å². The molecule has 3 aromatic rings. The summed E-state index contributed by atoms with van der Waals surface area (Å²) in [6.07, 6.45) is 6.53. The molecule has 0 spiro atoms. The van der Waals surface area contributed by atoms with Crippen molar-refractivity contribution in [1.82, 2.24) is 10.3 Å². The molecule has 6 N–H and O–H groups in total. The van der Waals surface area contributed by atoms with Gasteiger partial charge in [0.1, 0.15) is 4.87 Å². The van der Waals surface area contributed by atoms with E-state index < -0.39 is 0 Å². The molecule has 0 saturated carbocycles. The number of carbonyl (C=O) groups is 1. The van der Waals surface area contributed by atoms with Crippen LogP contribution in [-0.2, 0) is 12.8 Å². The Hall–Kier alpha value is -3.81. The SMILES string of the molecule is N=Cc1c(N)ccc2nc(-c3ccc(C(=O)NCC[N+](N)=O)cc3)c3c(c12)CCCCC3. The number of nitrogens with two attached hydrogens (primary N) is 2. The number of fused-ring (bicyclic) bond motifs is 3. The summed E-state index contributed by atoms with van der Waals surface area (Å²) in [6, 6.07) is 11.1. The third-order valence-electron chi connectivity index (χ3n) is 5.98. The van der Waals surface area contributed by atoms with Crippen LogP contribution in [0.25, 0.3) is 22.2 Å². The fourth-order valence-corrected chi connectivity index (χ4v) is 4.40. The summed E-state index contributed by atoms with van der Waals surface area (Å²) in [4.78, 5) is 28.4. The third-order valence-corrected chi connectivity index (χ3v) is 5.98. The topological polar surface area (TPSA) is 138 Å². The number of benzene rings is 2. The average molecular weight is 432 g/mol. The number of rotatable bonds is 6.